The maximum absolute atomic E-state index is 13.1. The Hall–Kier alpha value is -2.67. The number of fused-ring (bicyclic) bond motifs is 2. The van der Waals surface area contributed by atoms with E-state index in [4.69, 9.17) is 9.47 Å². The van der Waals surface area contributed by atoms with E-state index < -0.39 is 0 Å². The molecule has 2 aromatic heterocycles. The number of carbonyl (C=O) groups excluding carboxylic acids is 1. The van der Waals surface area contributed by atoms with Gasteiger partial charge < -0.3 is 14.4 Å². The first-order valence-electron chi connectivity index (χ1n) is 9.38. The zero-order valence-corrected chi connectivity index (χ0v) is 17.3. The Kier molecular flexibility index (Phi) is 4.93. The van der Waals surface area contributed by atoms with Crippen LogP contribution < -0.4 is 9.47 Å². The van der Waals surface area contributed by atoms with Crippen LogP contribution in [0.4, 0.5) is 0 Å². The van der Waals surface area contributed by atoms with Gasteiger partial charge in [0, 0.05) is 24.5 Å². The minimum atomic E-state index is -0.202. The van der Waals surface area contributed by atoms with Crippen molar-refractivity contribution in [2.75, 3.05) is 20.2 Å². The summed E-state index contributed by atoms with van der Waals surface area (Å²) in [7, 11) is 1.80. The number of aryl methyl sites for hydroxylation is 3. The van der Waals surface area contributed by atoms with Crippen LogP contribution in [-0.2, 0) is 6.42 Å². The second-order valence-corrected chi connectivity index (χ2v) is 8.00. The second-order valence-electron chi connectivity index (χ2n) is 7.00. The molecule has 0 radical (unpaired) electrons. The van der Waals surface area contributed by atoms with Crippen LogP contribution in [0.15, 0.2) is 24.3 Å². The number of amides is 1. The number of hydrogen-bond acceptors (Lipinski definition) is 6. The van der Waals surface area contributed by atoms with Gasteiger partial charge >= 0.3 is 0 Å². The van der Waals surface area contributed by atoms with Gasteiger partial charge in [-0.05, 0) is 31.5 Å². The van der Waals surface area contributed by atoms with Gasteiger partial charge in [0.2, 0.25) is 0 Å². The molecule has 6 nitrogen and oxygen atoms in total. The van der Waals surface area contributed by atoms with Crippen molar-refractivity contribution in [2.24, 2.45) is 0 Å². The molecule has 1 atom stereocenters. The average Bonchev–Trinajstić information content (AvgIpc) is 3.04. The number of hydrogen-bond donors (Lipinski definition) is 0. The minimum Gasteiger partial charge on any atom is -0.486 e. The van der Waals surface area contributed by atoms with Crippen molar-refractivity contribution in [3.05, 3.63) is 46.2 Å². The Balaban J connectivity index is 1.54. The number of likely N-dealkylation sites (N-methyl/N-ethyl adjacent to an activating group) is 1. The summed E-state index contributed by atoms with van der Waals surface area (Å²) in [4.78, 5) is 25.6. The molecule has 0 spiro atoms. The van der Waals surface area contributed by atoms with Gasteiger partial charge in [0.15, 0.2) is 17.6 Å². The SMILES string of the molecule is CCc1nc(C)c2c(C)c(C(=O)N(C)C[C@H]3COc4ccccc4O3)sc2n1. The van der Waals surface area contributed by atoms with Gasteiger partial charge in [-0.1, -0.05) is 19.1 Å². The first kappa shape index (κ1) is 18.7. The third kappa shape index (κ3) is 3.30. The van der Waals surface area contributed by atoms with E-state index in [1.165, 1.54) is 11.3 Å². The Bertz CT molecular complexity index is 1050. The van der Waals surface area contributed by atoms with Crippen LogP contribution in [-0.4, -0.2) is 47.1 Å². The van der Waals surface area contributed by atoms with E-state index in [2.05, 4.69) is 9.97 Å². The molecule has 0 aliphatic carbocycles. The van der Waals surface area contributed by atoms with Crippen LogP contribution in [0.2, 0.25) is 0 Å². The van der Waals surface area contributed by atoms with Crippen LogP contribution >= 0.6 is 11.3 Å². The molecule has 28 heavy (non-hydrogen) atoms. The van der Waals surface area contributed by atoms with E-state index in [1.807, 2.05) is 45.0 Å². The molecule has 1 aliphatic heterocycles. The number of rotatable bonds is 4. The summed E-state index contributed by atoms with van der Waals surface area (Å²) in [6.45, 7) is 6.85. The Morgan fingerprint density at radius 1 is 1.25 bits per heavy atom. The highest BCUT2D eigenvalue weighted by atomic mass is 32.1. The summed E-state index contributed by atoms with van der Waals surface area (Å²) in [5.41, 5.74) is 1.88. The molecule has 4 rings (SSSR count). The number of ether oxygens (including phenoxy) is 2. The summed E-state index contributed by atoms with van der Waals surface area (Å²) >= 11 is 1.44. The highest BCUT2D eigenvalue weighted by Crippen LogP contribution is 2.33. The second kappa shape index (κ2) is 7.39. The summed E-state index contributed by atoms with van der Waals surface area (Å²) in [5.74, 6) is 2.25. The maximum Gasteiger partial charge on any atom is 0.264 e. The van der Waals surface area contributed by atoms with Crippen molar-refractivity contribution in [1.82, 2.24) is 14.9 Å². The van der Waals surface area contributed by atoms with E-state index in [9.17, 15) is 4.79 Å². The van der Waals surface area contributed by atoms with Gasteiger partial charge in [-0.2, -0.15) is 0 Å². The van der Waals surface area contributed by atoms with Crippen molar-refractivity contribution in [1.29, 1.82) is 0 Å². The summed E-state index contributed by atoms with van der Waals surface area (Å²) < 4.78 is 11.7. The zero-order valence-electron chi connectivity index (χ0n) is 16.5. The van der Waals surface area contributed by atoms with Crippen molar-refractivity contribution in [3.63, 3.8) is 0 Å². The van der Waals surface area contributed by atoms with E-state index in [-0.39, 0.29) is 12.0 Å². The Morgan fingerprint density at radius 2 is 2.00 bits per heavy atom. The molecule has 7 heteroatoms. The molecule has 1 aromatic carbocycles. The van der Waals surface area contributed by atoms with Crippen LogP contribution in [0.1, 0.15) is 33.7 Å². The molecule has 0 N–H and O–H groups in total. The van der Waals surface area contributed by atoms with Crippen LogP contribution in [0.25, 0.3) is 10.2 Å². The van der Waals surface area contributed by atoms with Gasteiger partial charge in [-0.15, -0.1) is 11.3 Å². The molecule has 3 heterocycles. The van der Waals surface area contributed by atoms with E-state index in [1.54, 1.807) is 11.9 Å². The predicted octanol–water partition coefficient (Wildman–Crippen LogP) is 3.78. The van der Waals surface area contributed by atoms with Crippen molar-refractivity contribution < 1.29 is 14.3 Å². The van der Waals surface area contributed by atoms with Crippen molar-refractivity contribution >= 4 is 27.5 Å². The molecular weight excluding hydrogens is 374 g/mol. The zero-order chi connectivity index (χ0) is 19.8. The van der Waals surface area contributed by atoms with Crippen LogP contribution in [0.3, 0.4) is 0 Å². The number of thiophene rings is 1. The highest BCUT2D eigenvalue weighted by Gasteiger charge is 2.26. The van der Waals surface area contributed by atoms with Crippen molar-refractivity contribution in [2.45, 2.75) is 33.3 Å². The van der Waals surface area contributed by atoms with E-state index >= 15 is 0 Å². The fourth-order valence-corrected chi connectivity index (χ4v) is 4.72. The molecule has 0 unspecified atom stereocenters. The minimum absolute atomic E-state index is 0.0274. The monoisotopic (exact) mass is 397 g/mol. The largest absolute Gasteiger partial charge is 0.486 e. The Morgan fingerprint density at radius 3 is 2.75 bits per heavy atom. The molecule has 3 aromatic rings. The molecule has 0 bridgehead atoms. The Labute approximate surface area is 168 Å². The van der Waals surface area contributed by atoms with Gasteiger partial charge in [-0.3, -0.25) is 4.79 Å². The number of nitrogens with zero attached hydrogens (tertiary/aromatic N) is 3. The lowest BCUT2D eigenvalue weighted by atomic mass is 10.1. The number of carbonyl (C=O) groups is 1. The van der Waals surface area contributed by atoms with Crippen molar-refractivity contribution in [3.8, 4) is 11.5 Å². The molecular formula is C21H23N3O3S. The fourth-order valence-electron chi connectivity index (χ4n) is 3.47. The standard InChI is InChI=1S/C21H23N3O3S/c1-5-17-22-13(3)18-12(2)19(28-20(18)23-17)21(25)24(4)10-14-11-26-15-8-6-7-9-16(15)27-14/h6-9,14H,5,10-11H2,1-4H3/t14-/m0/s1. The van der Waals surface area contributed by atoms with Gasteiger partial charge in [0.05, 0.1) is 11.4 Å². The number of aromatic nitrogens is 2. The third-order valence-corrected chi connectivity index (χ3v) is 6.09. The fraction of sp³-hybridized carbons (Fsp3) is 0.381. The predicted molar refractivity (Wildman–Crippen MR) is 110 cm³/mol. The molecule has 0 saturated heterocycles. The van der Waals surface area contributed by atoms with Gasteiger partial charge in [-0.25, -0.2) is 9.97 Å². The van der Waals surface area contributed by atoms with Crippen LogP contribution in [0, 0.1) is 13.8 Å². The normalized spacial score (nSPS) is 15.6. The topological polar surface area (TPSA) is 64.6 Å². The lowest BCUT2D eigenvalue weighted by molar-refractivity contribution is 0.0523. The first-order chi connectivity index (χ1) is 13.5. The third-order valence-electron chi connectivity index (χ3n) is 4.92. The molecule has 146 valence electrons. The molecule has 1 amide bonds. The molecule has 0 fully saturated rings. The van der Waals surface area contributed by atoms with Gasteiger partial charge in [0.1, 0.15) is 17.3 Å². The number of para-hydroxylation sites is 2. The average molecular weight is 398 g/mol. The van der Waals surface area contributed by atoms with Gasteiger partial charge in [0.25, 0.3) is 5.91 Å². The smallest absolute Gasteiger partial charge is 0.264 e. The van der Waals surface area contributed by atoms with Crippen LogP contribution in [0.5, 0.6) is 11.5 Å². The lowest BCUT2D eigenvalue weighted by Gasteiger charge is -2.29. The highest BCUT2D eigenvalue weighted by molar-refractivity contribution is 7.20. The summed E-state index contributed by atoms with van der Waals surface area (Å²) in [5, 5.41) is 0.991. The molecule has 1 aliphatic rings. The lowest BCUT2D eigenvalue weighted by Crippen LogP contribution is -2.41. The van der Waals surface area contributed by atoms with E-state index in [0.717, 1.165) is 45.2 Å². The van der Waals surface area contributed by atoms with E-state index in [0.29, 0.717) is 18.0 Å². The first-order valence-corrected chi connectivity index (χ1v) is 10.2. The summed E-state index contributed by atoms with van der Waals surface area (Å²) in [6, 6.07) is 7.59. The quantitative estimate of drug-likeness (QED) is 0.670. The maximum atomic E-state index is 13.1. The summed E-state index contributed by atoms with van der Waals surface area (Å²) in [6.07, 6.45) is 0.573. The molecule has 0 saturated carbocycles. The number of benzene rings is 1.